The molecule has 0 unspecified atom stereocenters. The molecular weight excluding hydrogens is 258 g/mol. The summed E-state index contributed by atoms with van der Waals surface area (Å²) in [5, 5.41) is 13.6. The lowest BCUT2D eigenvalue weighted by atomic mass is 9.63. The SMILES string of the molecule is Cc1cc(CNC2CC(C)(C)CC(C)(C)C2)cc(C)c1O. The van der Waals surface area contributed by atoms with Crippen molar-refractivity contribution < 1.29 is 5.11 Å². The van der Waals surface area contributed by atoms with E-state index in [2.05, 4.69) is 45.1 Å². The van der Waals surface area contributed by atoms with Crippen molar-refractivity contribution in [3.05, 3.63) is 28.8 Å². The highest BCUT2D eigenvalue weighted by atomic mass is 16.3. The van der Waals surface area contributed by atoms with E-state index < -0.39 is 0 Å². The minimum absolute atomic E-state index is 0.417. The van der Waals surface area contributed by atoms with Crippen molar-refractivity contribution in [3.8, 4) is 5.75 Å². The Morgan fingerprint density at radius 2 is 1.52 bits per heavy atom. The van der Waals surface area contributed by atoms with Gasteiger partial charge in [-0.05, 0) is 60.6 Å². The zero-order valence-electron chi connectivity index (χ0n) is 14.5. The van der Waals surface area contributed by atoms with Crippen molar-refractivity contribution in [1.29, 1.82) is 0 Å². The van der Waals surface area contributed by atoms with Crippen LogP contribution in [0.1, 0.15) is 63.6 Å². The van der Waals surface area contributed by atoms with Crippen LogP contribution >= 0.6 is 0 Å². The maximum Gasteiger partial charge on any atom is 0.121 e. The predicted octanol–water partition coefficient (Wildman–Crippen LogP) is 4.70. The maximum absolute atomic E-state index is 9.86. The van der Waals surface area contributed by atoms with Gasteiger partial charge in [0, 0.05) is 12.6 Å². The molecule has 2 N–H and O–H groups in total. The van der Waals surface area contributed by atoms with E-state index in [1.165, 1.54) is 24.8 Å². The third-order valence-corrected chi connectivity index (χ3v) is 4.70. The first-order valence-corrected chi connectivity index (χ1v) is 8.10. The van der Waals surface area contributed by atoms with Gasteiger partial charge >= 0.3 is 0 Å². The molecule has 0 bridgehead atoms. The first-order chi connectivity index (χ1) is 9.58. The van der Waals surface area contributed by atoms with Crippen LogP contribution in [0.25, 0.3) is 0 Å². The molecule has 118 valence electrons. The van der Waals surface area contributed by atoms with Crippen molar-refractivity contribution in [2.45, 2.75) is 73.4 Å². The average Bonchev–Trinajstić information content (AvgIpc) is 2.29. The van der Waals surface area contributed by atoms with Crippen LogP contribution in [0.5, 0.6) is 5.75 Å². The Bertz CT molecular complexity index is 477. The lowest BCUT2D eigenvalue weighted by Crippen LogP contribution is -2.43. The molecule has 0 spiro atoms. The smallest absolute Gasteiger partial charge is 0.121 e. The quantitative estimate of drug-likeness (QED) is 0.845. The molecule has 2 heteroatoms. The zero-order valence-corrected chi connectivity index (χ0v) is 14.5. The van der Waals surface area contributed by atoms with Gasteiger partial charge in [0.15, 0.2) is 0 Å². The number of aryl methyl sites for hydroxylation is 2. The van der Waals surface area contributed by atoms with Crippen molar-refractivity contribution >= 4 is 0 Å². The summed E-state index contributed by atoms with van der Waals surface area (Å²) in [5.74, 6) is 0.429. The average molecular weight is 289 g/mol. The first kappa shape index (κ1) is 16.4. The molecule has 0 amide bonds. The molecule has 1 aromatic rings. The number of aromatic hydroxyl groups is 1. The molecule has 1 saturated carbocycles. The highest BCUT2D eigenvalue weighted by Gasteiger charge is 2.38. The van der Waals surface area contributed by atoms with Crippen molar-refractivity contribution in [3.63, 3.8) is 0 Å². The first-order valence-electron chi connectivity index (χ1n) is 8.10. The van der Waals surface area contributed by atoms with Gasteiger partial charge in [0.1, 0.15) is 5.75 Å². The maximum atomic E-state index is 9.86. The Kier molecular flexibility index (Phi) is 4.39. The van der Waals surface area contributed by atoms with E-state index in [4.69, 9.17) is 0 Å². The number of benzene rings is 1. The van der Waals surface area contributed by atoms with E-state index >= 15 is 0 Å². The Morgan fingerprint density at radius 3 is 2.00 bits per heavy atom. The fourth-order valence-corrected chi connectivity index (χ4v) is 4.40. The third kappa shape index (κ3) is 4.23. The Balaban J connectivity index is 2.03. The molecule has 2 nitrogen and oxygen atoms in total. The Labute approximate surface area is 130 Å². The lowest BCUT2D eigenvalue weighted by molar-refractivity contribution is 0.0845. The van der Waals surface area contributed by atoms with E-state index in [-0.39, 0.29) is 0 Å². The second-order valence-corrected chi connectivity index (χ2v) is 8.57. The summed E-state index contributed by atoms with van der Waals surface area (Å²) < 4.78 is 0. The van der Waals surface area contributed by atoms with E-state index in [0.29, 0.717) is 22.6 Å². The molecule has 1 aliphatic carbocycles. The van der Waals surface area contributed by atoms with Gasteiger partial charge < -0.3 is 10.4 Å². The second kappa shape index (κ2) is 5.64. The second-order valence-electron chi connectivity index (χ2n) is 8.57. The van der Waals surface area contributed by atoms with Gasteiger partial charge in [0.25, 0.3) is 0 Å². The van der Waals surface area contributed by atoms with Gasteiger partial charge in [0.2, 0.25) is 0 Å². The summed E-state index contributed by atoms with van der Waals surface area (Å²) in [6.45, 7) is 14.4. The van der Waals surface area contributed by atoms with Crippen molar-refractivity contribution in [2.75, 3.05) is 0 Å². The van der Waals surface area contributed by atoms with E-state index in [1.807, 2.05) is 13.8 Å². The molecule has 0 heterocycles. The molecule has 1 aromatic carbocycles. The van der Waals surface area contributed by atoms with E-state index in [0.717, 1.165) is 17.7 Å². The van der Waals surface area contributed by atoms with Gasteiger partial charge in [-0.1, -0.05) is 39.8 Å². The fourth-order valence-electron chi connectivity index (χ4n) is 4.40. The Morgan fingerprint density at radius 1 is 1.05 bits per heavy atom. The minimum atomic E-state index is 0.417. The summed E-state index contributed by atoms with van der Waals surface area (Å²) in [7, 11) is 0. The topological polar surface area (TPSA) is 32.3 Å². The van der Waals surface area contributed by atoms with Crippen LogP contribution in [-0.4, -0.2) is 11.1 Å². The monoisotopic (exact) mass is 289 g/mol. The summed E-state index contributed by atoms with van der Waals surface area (Å²) >= 11 is 0. The largest absolute Gasteiger partial charge is 0.507 e. The van der Waals surface area contributed by atoms with Crippen molar-refractivity contribution in [1.82, 2.24) is 5.32 Å². The molecule has 0 aromatic heterocycles. The minimum Gasteiger partial charge on any atom is -0.507 e. The molecule has 0 atom stereocenters. The summed E-state index contributed by atoms with van der Waals surface area (Å²) in [6, 6.07) is 4.77. The molecule has 1 aliphatic rings. The summed E-state index contributed by atoms with van der Waals surface area (Å²) in [6.07, 6.45) is 3.79. The van der Waals surface area contributed by atoms with Gasteiger partial charge in [-0.15, -0.1) is 0 Å². The lowest BCUT2D eigenvalue weighted by Gasteiger charge is -2.45. The number of hydrogen-bond donors (Lipinski definition) is 2. The number of hydrogen-bond acceptors (Lipinski definition) is 2. The number of nitrogens with one attached hydrogen (secondary N) is 1. The van der Waals surface area contributed by atoms with Gasteiger partial charge in [-0.3, -0.25) is 0 Å². The van der Waals surface area contributed by atoms with Crippen molar-refractivity contribution in [2.24, 2.45) is 10.8 Å². The van der Waals surface area contributed by atoms with E-state index in [9.17, 15) is 5.11 Å². The summed E-state index contributed by atoms with van der Waals surface area (Å²) in [4.78, 5) is 0. The predicted molar refractivity (Wildman–Crippen MR) is 89.6 cm³/mol. The third-order valence-electron chi connectivity index (χ3n) is 4.70. The standard InChI is InChI=1S/C19H31NO/c1-13-7-15(8-14(2)17(13)21)11-20-16-9-18(3,4)12-19(5,6)10-16/h7-8,16,20-21H,9-12H2,1-6H3. The van der Waals surface area contributed by atoms with Crippen LogP contribution < -0.4 is 5.32 Å². The zero-order chi connectivity index (χ0) is 15.8. The molecular formula is C19H31NO. The van der Waals surface area contributed by atoms with Crippen LogP contribution in [0.2, 0.25) is 0 Å². The molecule has 0 saturated heterocycles. The highest BCUT2D eigenvalue weighted by Crippen LogP contribution is 2.45. The number of phenols is 1. The molecule has 21 heavy (non-hydrogen) atoms. The summed E-state index contributed by atoms with van der Waals surface area (Å²) in [5.41, 5.74) is 4.04. The molecule has 0 radical (unpaired) electrons. The Hall–Kier alpha value is -1.02. The fraction of sp³-hybridized carbons (Fsp3) is 0.684. The van der Waals surface area contributed by atoms with Crippen LogP contribution in [0.15, 0.2) is 12.1 Å². The normalized spacial score (nSPS) is 21.4. The molecule has 2 rings (SSSR count). The van der Waals surface area contributed by atoms with Crippen LogP contribution in [0, 0.1) is 24.7 Å². The van der Waals surface area contributed by atoms with Gasteiger partial charge in [-0.2, -0.15) is 0 Å². The van der Waals surface area contributed by atoms with E-state index in [1.54, 1.807) is 0 Å². The number of phenolic OH excluding ortho intramolecular Hbond substituents is 1. The van der Waals surface area contributed by atoms with Gasteiger partial charge in [0.05, 0.1) is 0 Å². The molecule has 1 fully saturated rings. The van der Waals surface area contributed by atoms with Crippen LogP contribution in [0.4, 0.5) is 0 Å². The van der Waals surface area contributed by atoms with Crippen LogP contribution in [-0.2, 0) is 6.54 Å². The number of rotatable bonds is 3. The highest BCUT2D eigenvalue weighted by molar-refractivity contribution is 5.42. The van der Waals surface area contributed by atoms with Crippen LogP contribution in [0.3, 0.4) is 0 Å². The molecule has 0 aliphatic heterocycles. The van der Waals surface area contributed by atoms with Gasteiger partial charge in [-0.25, -0.2) is 0 Å².